The first-order valence-corrected chi connectivity index (χ1v) is 5.26. The van der Waals surface area contributed by atoms with Crippen molar-refractivity contribution in [3.63, 3.8) is 0 Å². The lowest BCUT2D eigenvalue weighted by Crippen LogP contribution is -2.16. The molecule has 2 heteroatoms. The number of ether oxygens (including phenoxy) is 1. The molecule has 1 fully saturated rings. The number of halogens is 1. The molecule has 1 aliphatic carbocycles. The van der Waals surface area contributed by atoms with Gasteiger partial charge in [-0.2, -0.15) is 0 Å². The molecule has 0 aromatic carbocycles. The first-order chi connectivity index (χ1) is 5.57. The second-order valence-electron chi connectivity index (χ2n) is 4.15. The van der Waals surface area contributed by atoms with Crippen LogP contribution in [-0.4, -0.2) is 18.1 Å². The molecule has 0 aromatic heterocycles. The maximum Gasteiger partial charge on any atom is 0.0518 e. The van der Waals surface area contributed by atoms with E-state index in [4.69, 9.17) is 16.3 Å². The summed E-state index contributed by atoms with van der Waals surface area (Å²) in [6.45, 7) is 7.12. The average molecular weight is 191 g/mol. The molecule has 0 amide bonds. The van der Waals surface area contributed by atoms with Gasteiger partial charge in [-0.25, -0.2) is 0 Å². The fraction of sp³-hybridized carbons (Fsp3) is 1.00. The molecule has 1 nitrogen and oxygen atoms in total. The molecule has 12 heavy (non-hydrogen) atoms. The normalized spacial score (nSPS) is 22.8. The fourth-order valence-corrected chi connectivity index (χ4v) is 1.83. The van der Waals surface area contributed by atoms with Gasteiger partial charge in [-0.3, -0.25) is 0 Å². The second kappa shape index (κ2) is 3.97. The third-order valence-corrected chi connectivity index (χ3v) is 3.25. The standard InChI is InChI=1S/C10H19ClO/c1-8(2)12-7-6-10(4-5-10)9(3)11/h8-9H,4-7H2,1-3H3. The van der Waals surface area contributed by atoms with E-state index in [1.807, 2.05) is 0 Å². The summed E-state index contributed by atoms with van der Waals surface area (Å²) < 4.78 is 5.51. The van der Waals surface area contributed by atoms with Gasteiger partial charge in [-0.1, -0.05) is 0 Å². The summed E-state index contributed by atoms with van der Waals surface area (Å²) in [7, 11) is 0. The smallest absolute Gasteiger partial charge is 0.0518 e. The highest BCUT2D eigenvalue weighted by molar-refractivity contribution is 6.21. The fourth-order valence-electron chi connectivity index (χ4n) is 1.51. The number of hydrogen-bond donors (Lipinski definition) is 0. The van der Waals surface area contributed by atoms with Crippen LogP contribution in [0.4, 0.5) is 0 Å². The van der Waals surface area contributed by atoms with Crippen LogP contribution < -0.4 is 0 Å². The number of rotatable bonds is 5. The van der Waals surface area contributed by atoms with Crippen molar-refractivity contribution in [2.75, 3.05) is 6.61 Å². The van der Waals surface area contributed by atoms with Crippen molar-refractivity contribution >= 4 is 11.6 Å². The Bertz CT molecular complexity index is 139. The van der Waals surface area contributed by atoms with Crippen LogP contribution in [0, 0.1) is 5.41 Å². The van der Waals surface area contributed by atoms with Crippen LogP contribution in [0.5, 0.6) is 0 Å². The highest BCUT2D eigenvalue weighted by atomic mass is 35.5. The van der Waals surface area contributed by atoms with Crippen LogP contribution in [0.3, 0.4) is 0 Å². The van der Waals surface area contributed by atoms with E-state index < -0.39 is 0 Å². The Balaban J connectivity index is 2.14. The number of alkyl halides is 1. The Morgan fingerprint density at radius 2 is 1.92 bits per heavy atom. The summed E-state index contributed by atoms with van der Waals surface area (Å²) in [5.41, 5.74) is 0.427. The van der Waals surface area contributed by atoms with Crippen molar-refractivity contribution in [1.29, 1.82) is 0 Å². The molecule has 72 valence electrons. The van der Waals surface area contributed by atoms with E-state index in [1.165, 1.54) is 12.8 Å². The summed E-state index contributed by atoms with van der Waals surface area (Å²) in [4.78, 5) is 0. The van der Waals surface area contributed by atoms with Crippen molar-refractivity contribution in [3.8, 4) is 0 Å². The van der Waals surface area contributed by atoms with E-state index in [2.05, 4.69) is 20.8 Å². The summed E-state index contributed by atoms with van der Waals surface area (Å²) in [5, 5.41) is 0.313. The van der Waals surface area contributed by atoms with Gasteiger partial charge < -0.3 is 4.74 Å². The molecule has 0 N–H and O–H groups in total. The molecule has 0 aliphatic heterocycles. The molecule has 1 saturated carbocycles. The maximum atomic E-state index is 6.09. The molecule has 0 spiro atoms. The molecule has 0 radical (unpaired) electrons. The molecule has 1 rings (SSSR count). The summed E-state index contributed by atoms with van der Waals surface area (Å²) in [6.07, 6.45) is 4.07. The Morgan fingerprint density at radius 1 is 1.33 bits per heavy atom. The van der Waals surface area contributed by atoms with Gasteiger partial charge in [0, 0.05) is 12.0 Å². The zero-order valence-electron chi connectivity index (χ0n) is 8.27. The summed E-state index contributed by atoms with van der Waals surface area (Å²) in [6, 6.07) is 0. The van der Waals surface area contributed by atoms with Gasteiger partial charge in [0.1, 0.15) is 0 Å². The largest absolute Gasteiger partial charge is 0.379 e. The van der Waals surface area contributed by atoms with E-state index in [0.717, 1.165) is 13.0 Å². The molecular weight excluding hydrogens is 172 g/mol. The molecule has 0 bridgehead atoms. The van der Waals surface area contributed by atoms with Gasteiger partial charge in [0.05, 0.1) is 6.10 Å². The third kappa shape index (κ3) is 2.63. The lowest BCUT2D eigenvalue weighted by atomic mass is 9.99. The van der Waals surface area contributed by atoms with Gasteiger partial charge >= 0.3 is 0 Å². The quantitative estimate of drug-likeness (QED) is 0.605. The lowest BCUT2D eigenvalue weighted by Gasteiger charge is -2.18. The Hall–Kier alpha value is 0.250. The van der Waals surface area contributed by atoms with E-state index >= 15 is 0 Å². The highest BCUT2D eigenvalue weighted by Crippen LogP contribution is 2.53. The second-order valence-corrected chi connectivity index (χ2v) is 4.80. The Labute approximate surface area is 80.4 Å². The van der Waals surface area contributed by atoms with E-state index in [-0.39, 0.29) is 0 Å². The predicted octanol–water partition coefficient (Wildman–Crippen LogP) is 3.21. The van der Waals surface area contributed by atoms with Gasteiger partial charge in [-0.05, 0) is 45.4 Å². The van der Waals surface area contributed by atoms with Crippen LogP contribution in [-0.2, 0) is 4.74 Å². The molecule has 0 heterocycles. The van der Waals surface area contributed by atoms with E-state index in [9.17, 15) is 0 Å². The third-order valence-electron chi connectivity index (χ3n) is 2.79. The van der Waals surface area contributed by atoms with Crippen molar-refractivity contribution < 1.29 is 4.74 Å². The monoisotopic (exact) mass is 190 g/mol. The Morgan fingerprint density at radius 3 is 2.25 bits per heavy atom. The zero-order chi connectivity index (χ0) is 9.19. The maximum absolute atomic E-state index is 6.09. The van der Waals surface area contributed by atoms with Crippen molar-refractivity contribution in [3.05, 3.63) is 0 Å². The molecule has 0 aromatic rings. The molecule has 1 unspecified atom stereocenters. The average Bonchev–Trinajstić information content (AvgIpc) is 2.68. The van der Waals surface area contributed by atoms with Crippen LogP contribution in [0.2, 0.25) is 0 Å². The molecule has 0 saturated heterocycles. The van der Waals surface area contributed by atoms with Crippen molar-refractivity contribution in [2.45, 2.75) is 51.5 Å². The van der Waals surface area contributed by atoms with Crippen molar-refractivity contribution in [2.24, 2.45) is 5.41 Å². The summed E-state index contributed by atoms with van der Waals surface area (Å²) in [5.74, 6) is 0. The van der Waals surface area contributed by atoms with Crippen molar-refractivity contribution in [1.82, 2.24) is 0 Å². The lowest BCUT2D eigenvalue weighted by molar-refractivity contribution is 0.0658. The molecular formula is C10H19ClO. The zero-order valence-corrected chi connectivity index (χ0v) is 9.03. The minimum Gasteiger partial charge on any atom is -0.379 e. The predicted molar refractivity (Wildman–Crippen MR) is 52.7 cm³/mol. The first-order valence-electron chi connectivity index (χ1n) is 4.82. The first kappa shape index (κ1) is 10.3. The van der Waals surface area contributed by atoms with Gasteiger partial charge in [-0.15, -0.1) is 11.6 Å². The highest BCUT2D eigenvalue weighted by Gasteiger charge is 2.45. The van der Waals surface area contributed by atoms with Crippen LogP contribution in [0.15, 0.2) is 0 Å². The number of hydrogen-bond acceptors (Lipinski definition) is 1. The van der Waals surface area contributed by atoms with E-state index in [1.54, 1.807) is 0 Å². The van der Waals surface area contributed by atoms with Gasteiger partial charge in [0.25, 0.3) is 0 Å². The van der Waals surface area contributed by atoms with E-state index in [0.29, 0.717) is 16.9 Å². The van der Waals surface area contributed by atoms with Crippen LogP contribution in [0.1, 0.15) is 40.0 Å². The van der Waals surface area contributed by atoms with Crippen LogP contribution in [0.25, 0.3) is 0 Å². The van der Waals surface area contributed by atoms with Gasteiger partial charge in [0.2, 0.25) is 0 Å². The van der Waals surface area contributed by atoms with Crippen LogP contribution >= 0.6 is 11.6 Å². The molecule has 1 aliphatic rings. The minimum atomic E-state index is 0.313. The van der Waals surface area contributed by atoms with Gasteiger partial charge in [0.15, 0.2) is 0 Å². The topological polar surface area (TPSA) is 9.23 Å². The Kier molecular flexibility index (Phi) is 3.42. The summed E-state index contributed by atoms with van der Waals surface area (Å²) >= 11 is 6.09. The molecule has 1 atom stereocenters. The minimum absolute atomic E-state index is 0.313. The SMILES string of the molecule is CC(C)OCCC1(C(C)Cl)CC1.